The Bertz CT molecular complexity index is 996. The van der Waals surface area contributed by atoms with Gasteiger partial charge >= 0.3 is 0 Å². The molecule has 0 amide bonds. The summed E-state index contributed by atoms with van der Waals surface area (Å²) in [5, 5.41) is 3.84. The van der Waals surface area contributed by atoms with Gasteiger partial charge in [-0.05, 0) is 31.5 Å². The van der Waals surface area contributed by atoms with Gasteiger partial charge in [-0.1, -0.05) is 24.2 Å². The van der Waals surface area contributed by atoms with Gasteiger partial charge in [0.1, 0.15) is 5.82 Å². The summed E-state index contributed by atoms with van der Waals surface area (Å²) in [6.45, 7) is 3.98. The van der Waals surface area contributed by atoms with Crippen LogP contribution in [0.1, 0.15) is 18.2 Å². The number of nitrogens with one attached hydrogen (secondary N) is 1. The fourth-order valence-corrected chi connectivity index (χ4v) is 4.87. The summed E-state index contributed by atoms with van der Waals surface area (Å²) in [6, 6.07) is 7.37. The molecule has 0 fully saturated rings. The second kappa shape index (κ2) is 7.03. The van der Waals surface area contributed by atoms with Crippen molar-refractivity contribution in [2.24, 2.45) is 0 Å². The molecule has 0 radical (unpaired) electrons. The molecule has 0 bridgehead atoms. The zero-order valence-corrected chi connectivity index (χ0v) is 15.2. The lowest BCUT2D eigenvalue weighted by Gasteiger charge is -2.03. The van der Waals surface area contributed by atoms with Crippen molar-refractivity contribution in [1.29, 1.82) is 0 Å². The lowest BCUT2D eigenvalue weighted by molar-refractivity contribution is 0.433. The first-order valence-corrected chi connectivity index (χ1v) is 9.91. The normalized spacial score (nSPS) is 11.8. The molecule has 132 valence electrons. The summed E-state index contributed by atoms with van der Waals surface area (Å²) in [5.41, 5.74) is 0.487. The van der Waals surface area contributed by atoms with Gasteiger partial charge in [-0.3, -0.25) is 0 Å². The van der Waals surface area contributed by atoms with Crippen LogP contribution in [-0.2, 0) is 10.0 Å². The molecule has 0 aliphatic rings. The molecule has 0 unspecified atom stereocenters. The number of hydrogen-bond donors (Lipinski definition) is 1. The van der Waals surface area contributed by atoms with E-state index in [1.165, 1.54) is 29.5 Å². The zero-order valence-electron chi connectivity index (χ0n) is 13.6. The topological polar surface area (TPSA) is 85.1 Å². The first kappa shape index (κ1) is 17.7. The summed E-state index contributed by atoms with van der Waals surface area (Å²) in [5.74, 6) is 0.0459. The Morgan fingerprint density at radius 2 is 2.12 bits per heavy atom. The van der Waals surface area contributed by atoms with Crippen molar-refractivity contribution in [3.8, 4) is 22.2 Å². The van der Waals surface area contributed by atoms with E-state index in [0.29, 0.717) is 28.3 Å². The van der Waals surface area contributed by atoms with E-state index in [0.717, 1.165) is 0 Å². The van der Waals surface area contributed by atoms with Crippen LogP contribution in [-0.4, -0.2) is 25.1 Å². The van der Waals surface area contributed by atoms with Crippen LogP contribution in [0.2, 0.25) is 0 Å². The Kier molecular flexibility index (Phi) is 4.98. The molecular weight excluding hydrogens is 365 g/mol. The average Bonchev–Trinajstić information content (AvgIpc) is 3.20. The fourth-order valence-electron chi connectivity index (χ4n) is 2.22. The van der Waals surface area contributed by atoms with Gasteiger partial charge in [-0.15, -0.1) is 11.3 Å². The Labute approximate surface area is 148 Å². The number of nitrogens with zero attached hydrogens (tertiary/aromatic N) is 2. The maximum absolute atomic E-state index is 13.3. The molecule has 0 aliphatic heterocycles. The molecule has 0 atom stereocenters. The van der Waals surface area contributed by atoms with E-state index in [9.17, 15) is 12.8 Å². The third-order valence-electron chi connectivity index (χ3n) is 3.42. The van der Waals surface area contributed by atoms with E-state index in [1.807, 2.05) is 6.92 Å². The van der Waals surface area contributed by atoms with E-state index in [-0.39, 0.29) is 16.6 Å². The second-order valence-electron chi connectivity index (χ2n) is 5.36. The highest BCUT2D eigenvalue weighted by Gasteiger charge is 2.22. The van der Waals surface area contributed by atoms with Crippen LogP contribution in [0.25, 0.3) is 22.2 Å². The van der Waals surface area contributed by atoms with Crippen LogP contribution in [0.4, 0.5) is 4.39 Å². The predicted octanol–water partition coefficient (Wildman–Crippen LogP) is 3.60. The number of aromatic nitrogens is 2. The van der Waals surface area contributed by atoms with Crippen LogP contribution in [0.5, 0.6) is 0 Å². The highest BCUT2D eigenvalue weighted by Crippen LogP contribution is 2.33. The van der Waals surface area contributed by atoms with Gasteiger partial charge in [0.05, 0.1) is 9.77 Å². The van der Waals surface area contributed by atoms with Crippen molar-refractivity contribution in [2.45, 2.75) is 25.2 Å². The molecular formula is C16H16FN3O3S2. The van der Waals surface area contributed by atoms with E-state index < -0.39 is 15.8 Å². The lowest BCUT2D eigenvalue weighted by Crippen LogP contribution is -2.24. The van der Waals surface area contributed by atoms with Crippen LogP contribution in [0, 0.1) is 12.7 Å². The Morgan fingerprint density at radius 3 is 2.84 bits per heavy atom. The predicted molar refractivity (Wildman–Crippen MR) is 93.2 cm³/mol. The van der Waals surface area contributed by atoms with Gasteiger partial charge in [0.15, 0.2) is 0 Å². The average molecular weight is 381 g/mol. The van der Waals surface area contributed by atoms with E-state index >= 15 is 0 Å². The lowest BCUT2D eigenvalue weighted by atomic mass is 10.2. The monoisotopic (exact) mass is 381 g/mol. The summed E-state index contributed by atoms with van der Waals surface area (Å²) in [4.78, 5) is 5.62. The van der Waals surface area contributed by atoms with Crippen LogP contribution >= 0.6 is 11.3 Å². The summed E-state index contributed by atoms with van der Waals surface area (Å²) in [7, 11) is -3.57. The minimum absolute atomic E-state index is 0.198. The molecule has 0 saturated heterocycles. The quantitative estimate of drug-likeness (QED) is 0.705. The summed E-state index contributed by atoms with van der Waals surface area (Å²) >= 11 is 1.25. The molecule has 25 heavy (non-hydrogen) atoms. The number of thiophene rings is 1. The standard InChI is InChI=1S/C16H16FN3O3S2/c1-3-7-18-25(21,22)14-9-13(24-10(14)2)16-19-15(20-23-16)11-5-4-6-12(17)8-11/h4-6,8-9,18H,3,7H2,1-2H3. The molecule has 0 saturated carbocycles. The third-order valence-corrected chi connectivity index (χ3v) is 6.18. The molecule has 0 spiro atoms. The Morgan fingerprint density at radius 1 is 1.32 bits per heavy atom. The third kappa shape index (κ3) is 3.78. The molecule has 3 aromatic rings. The first-order chi connectivity index (χ1) is 11.9. The molecule has 3 rings (SSSR count). The summed E-state index contributed by atoms with van der Waals surface area (Å²) in [6.07, 6.45) is 0.704. The van der Waals surface area contributed by atoms with Crippen molar-refractivity contribution in [3.05, 3.63) is 41.0 Å². The number of rotatable bonds is 6. The summed E-state index contributed by atoms with van der Waals surface area (Å²) < 4.78 is 45.7. The van der Waals surface area contributed by atoms with Crippen LogP contribution in [0.3, 0.4) is 0 Å². The number of aryl methyl sites for hydroxylation is 1. The van der Waals surface area contributed by atoms with Crippen molar-refractivity contribution in [2.75, 3.05) is 6.54 Å². The van der Waals surface area contributed by atoms with E-state index in [1.54, 1.807) is 19.1 Å². The highest BCUT2D eigenvalue weighted by atomic mass is 32.2. The number of halogens is 1. The van der Waals surface area contributed by atoms with Gasteiger partial charge in [0.2, 0.25) is 15.8 Å². The molecule has 0 aliphatic carbocycles. The smallest absolute Gasteiger partial charge is 0.268 e. The molecule has 9 heteroatoms. The molecule has 1 aromatic carbocycles. The molecule has 6 nitrogen and oxygen atoms in total. The van der Waals surface area contributed by atoms with Gasteiger partial charge < -0.3 is 4.52 Å². The molecule has 2 aromatic heterocycles. The van der Waals surface area contributed by atoms with Crippen LogP contribution in [0.15, 0.2) is 39.8 Å². The van der Waals surface area contributed by atoms with Crippen molar-refractivity contribution in [3.63, 3.8) is 0 Å². The second-order valence-corrected chi connectivity index (χ2v) is 8.35. The largest absolute Gasteiger partial charge is 0.333 e. The van der Waals surface area contributed by atoms with Crippen molar-refractivity contribution in [1.82, 2.24) is 14.9 Å². The number of hydrogen-bond acceptors (Lipinski definition) is 6. The van der Waals surface area contributed by atoms with Crippen LogP contribution < -0.4 is 4.72 Å². The van der Waals surface area contributed by atoms with E-state index in [2.05, 4.69) is 14.9 Å². The van der Waals surface area contributed by atoms with Gasteiger partial charge in [0, 0.05) is 17.0 Å². The minimum atomic E-state index is -3.57. The van der Waals surface area contributed by atoms with Crippen molar-refractivity contribution < 1.29 is 17.3 Å². The Hall–Kier alpha value is -2.10. The number of benzene rings is 1. The maximum atomic E-state index is 13.3. The first-order valence-electron chi connectivity index (χ1n) is 7.61. The Balaban J connectivity index is 1.93. The minimum Gasteiger partial charge on any atom is -0.333 e. The SMILES string of the molecule is CCCNS(=O)(=O)c1cc(-c2nc(-c3cccc(F)c3)no2)sc1C. The van der Waals surface area contributed by atoms with E-state index in [4.69, 9.17) is 4.52 Å². The maximum Gasteiger partial charge on any atom is 0.268 e. The highest BCUT2D eigenvalue weighted by molar-refractivity contribution is 7.89. The zero-order chi connectivity index (χ0) is 18.0. The van der Waals surface area contributed by atoms with Gasteiger partial charge in [-0.2, -0.15) is 4.98 Å². The molecule has 2 heterocycles. The van der Waals surface area contributed by atoms with Crippen molar-refractivity contribution >= 4 is 21.4 Å². The van der Waals surface area contributed by atoms with Gasteiger partial charge in [0.25, 0.3) is 5.89 Å². The molecule has 1 N–H and O–H groups in total. The van der Waals surface area contributed by atoms with Gasteiger partial charge in [-0.25, -0.2) is 17.5 Å². The number of sulfonamides is 1. The fraction of sp³-hybridized carbons (Fsp3) is 0.250.